The van der Waals surface area contributed by atoms with Crippen molar-refractivity contribution in [1.82, 2.24) is 0 Å². The van der Waals surface area contributed by atoms with E-state index in [9.17, 15) is 9.59 Å². The number of Topliss-reactive ketones (excluding diaryl/α,β-unsaturated/α-hetero) is 1. The number of hydrogen-bond acceptors (Lipinski definition) is 5. The number of fused-ring (bicyclic) bond motifs is 3. The molecule has 0 radical (unpaired) electrons. The standard InChI is InChI=1S/C26H42O5Si/c1-16-11-10-12-24(6)18(16)13-21(30-17(2)27)26-15-29-25(7,22(26)28)20(14-19(24)26)31-32(8,9)23(3,4)5/h11,18-21H,10,12-15H2,1-9H3/t18-,19+,20-,21-,24-,25+,26-/m0/s1. The van der Waals surface area contributed by atoms with E-state index < -0.39 is 25.4 Å². The van der Waals surface area contributed by atoms with Crippen molar-refractivity contribution < 1.29 is 23.5 Å². The molecule has 0 N–H and O–H groups in total. The number of ether oxygens (including phenoxy) is 2. The number of allylic oxidation sites excluding steroid dienone is 2. The maximum Gasteiger partial charge on any atom is 0.302 e. The van der Waals surface area contributed by atoms with E-state index in [0.29, 0.717) is 18.9 Å². The Morgan fingerprint density at radius 2 is 1.84 bits per heavy atom. The summed E-state index contributed by atoms with van der Waals surface area (Å²) in [7, 11) is -2.12. The van der Waals surface area contributed by atoms with Gasteiger partial charge in [0, 0.05) is 6.92 Å². The summed E-state index contributed by atoms with van der Waals surface area (Å²) in [6, 6.07) is 0. The quantitative estimate of drug-likeness (QED) is 0.317. The minimum atomic E-state index is -2.12. The summed E-state index contributed by atoms with van der Waals surface area (Å²) in [6.07, 6.45) is 5.19. The first-order valence-corrected chi connectivity index (χ1v) is 15.2. The SMILES string of the molecule is CC(=O)O[C@H]1C[C@H]2C(C)=CCC[C@]2(C)[C@H]2C[C@H](O[Si](C)(C)C(C)(C)C)[C@@]3(C)OC[C@@]12C3=O. The first-order valence-electron chi connectivity index (χ1n) is 12.3. The summed E-state index contributed by atoms with van der Waals surface area (Å²) < 4.78 is 19.3. The van der Waals surface area contributed by atoms with Gasteiger partial charge in [0.25, 0.3) is 0 Å². The summed E-state index contributed by atoms with van der Waals surface area (Å²) in [5, 5.41) is 0.0446. The molecule has 4 rings (SSSR count). The van der Waals surface area contributed by atoms with Crippen molar-refractivity contribution in [1.29, 1.82) is 0 Å². The number of carbonyl (C=O) groups is 2. The number of hydrogen-bond donors (Lipinski definition) is 0. The van der Waals surface area contributed by atoms with Gasteiger partial charge in [0.1, 0.15) is 11.7 Å². The Balaban J connectivity index is 1.82. The Hall–Kier alpha value is -0.983. The molecule has 2 bridgehead atoms. The zero-order chi connectivity index (χ0) is 23.9. The summed E-state index contributed by atoms with van der Waals surface area (Å²) in [4.78, 5) is 26.4. The van der Waals surface area contributed by atoms with E-state index in [-0.39, 0.29) is 34.2 Å². The molecule has 3 fully saturated rings. The molecular weight excluding hydrogens is 420 g/mol. The molecule has 5 nitrogen and oxygen atoms in total. The minimum absolute atomic E-state index is 0.0325. The topological polar surface area (TPSA) is 61.8 Å². The number of carbonyl (C=O) groups excluding carboxylic acids is 2. The zero-order valence-corrected chi connectivity index (χ0v) is 22.5. The maximum atomic E-state index is 14.3. The molecule has 1 spiro atoms. The highest BCUT2D eigenvalue weighted by Crippen LogP contribution is 2.68. The lowest BCUT2D eigenvalue weighted by Gasteiger charge is -2.62. The fourth-order valence-corrected chi connectivity index (χ4v) is 8.51. The highest BCUT2D eigenvalue weighted by atomic mass is 28.4. The third-order valence-corrected chi connectivity index (χ3v) is 14.5. The Morgan fingerprint density at radius 1 is 1.19 bits per heavy atom. The van der Waals surface area contributed by atoms with Gasteiger partial charge in [-0.1, -0.05) is 39.3 Å². The van der Waals surface area contributed by atoms with Gasteiger partial charge in [-0.05, 0) is 74.9 Å². The molecule has 1 saturated heterocycles. The van der Waals surface area contributed by atoms with Crippen LogP contribution in [0.5, 0.6) is 0 Å². The second-order valence-corrected chi connectivity index (χ2v) is 17.6. The average molecular weight is 463 g/mol. The van der Waals surface area contributed by atoms with Crippen molar-refractivity contribution >= 4 is 20.1 Å². The third kappa shape index (κ3) is 3.15. The van der Waals surface area contributed by atoms with Gasteiger partial charge in [-0.25, -0.2) is 0 Å². The first kappa shape index (κ1) is 24.2. The van der Waals surface area contributed by atoms with Crippen LogP contribution in [-0.2, 0) is 23.5 Å². The van der Waals surface area contributed by atoms with Crippen molar-refractivity contribution in [2.24, 2.45) is 22.7 Å². The summed E-state index contributed by atoms with van der Waals surface area (Å²) in [6.45, 7) is 19.5. The lowest BCUT2D eigenvalue weighted by Crippen LogP contribution is -2.69. The number of ketones is 1. The molecule has 180 valence electrons. The molecule has 4 aliphatic rings. The molecule has 32 heavy (non-hydrogen) atoms. The van der Waals surface area contributed by atoms with Gasteiger partial charge < -0.3 is 13.9 Å². The molecule has 0 aromatic rings. The van der Waals surface area contributed by atoms with E-state index in [1.54, 1.807) is 0 Å². The maximum absolute atomic E-state index is 14.3. The third-order valence-electron chi connectivity index (χ3n) is 10.0. The van der Waals surface area contributed by atoms with Crippen LogP contribution in [0.1, 0.15) is 74.1 Å². The Labute approximate surface area is 194 Å². The first-order chi connectivity index (χ1) is 14.6. The van der Waals surface area contributed by atoms with Gasteiger partial charge in [-0.15, -0.1) is 0 Å². The molecule has 2 saturated carbocycles. The van der Waals surface area contributed by atoms with Crippen molar-refractivity contribution in [2.75, 3.05) is 6.61 Å². The monoisotopic (exact) mass is 462 g/mol. The van der Waals surface area contributed by atoms with Gasteiger partial charge in [-0.2, -0.15) is 0 Å². The predicted octanol–water partition coefficient (Wildman–Crippen LogP) is 5.44. The Kier molecular flexibility index (Phi) is 5.48. The van der Waals surface area contributed by atoms with Crippen LogP contribution in [0, 0.1) is 22.7 Å². The molecule has 0 amide bonds. The largest absolute Gasteiger partial charge is 0.461 e. The Bertz CT molecular complexity index is 857. The molecular formula is C26H42O5Si. The average Bonchev–Trinajstić information content (AvgIpc) is 2.83. The van der Waals surface area contributed by atoms with Crippen molar-refractivity contribution in [3.8, 4) is 0 Å². The second-order valence-electron chi connectivity index (χ2n) is 12.8. The summed E-state index contributed by atoms with van der Waals surface area (Å²) >= 11 is 0. The van der Waals surface area contributed by atoms with Crippen LogP contribution in [0.2, 0.25) is 18.1 Å². The van der Waals surface area contributed by atoms with Crippen molar-refractivity contribution in [3.05, 3.63) is 11.6 Å². The second kappa shape index (κ2) is 7.26. The van der Waals surface area contributed by atoms with Crippen LogP contribution in [0.15, 0.2) is 11.6 Å². The lowest BCUT2D eigenvalue weighted by molar-refractivity contribution is -0.193. The smallest absolute Gasteiger partial charge is 0.302 e. The highest BCUT2D eigenvalue weighted by Gasteiger charge is 2.75. The number of esters is 1. The molecule has 6 heteroatoms. The highest BCUT2D eigenvalue weighted by molar-refractivity contribution is 6.74. The van der Waals surface area contributed by atoms with Crippen LogP contribution in [0.25, 0.3) is 0 Å². The Morgan fingerprint density at radius 3 is 2.44 bits per heavy atom. The molecule has 1 aliphatic heterocycles. The van der Waals surface area contributed by atoms with Crippen LogP contribution in [0.3, 0.4) is 0 Å². The molecule has 0 aromatic heterocycles. The molecule has 1 heterocycles. The molecule has 0 unspecified atom stereocenters. The van der Waals surface area contributed by atoms with E-state index in [2.05, 4.69) is 53.8 Å². The zero-order valence-electron chi connectivity index (χ0n) is 21.5. The van der Waals surface area contributed by atoms with Gasteiger partial charge in [0.05, 0.1) is 18.1 Å². The minimum Gasteiger partial charge on any atom is -0.461 e. The van der Waals surface area contributed by atoms with Crippen molar-refractivity contribution in [2.45, 2.75) is 110 Å². The van der Waals surface area contributed by atoms with E-state index in [1.807, 2.05) is 6.92 Å². The van der Waals surface area contributed by atoms with E-state index in [4.69, 9.17) is 13.9 Å². The van der Waals surface area contributed by atoms with Gasteiger partial charge in [0.2, 0.25) is 0 Å². The lowest BCUT2D eigenvalue weighted by atomic mass is 9.42. The molecule has 0 aromatic carbocycles. The van der Waals surface area contributed by atoms with E-state index in [0.717, 1.165) is 19.3 Å². The molecule has 7 atom stereocenters. The number of rotatable bonds is 3. The van der Waals surface area contributed by atoms with Crippen LogP contribution < -0.4 is 0 Å². The van der Waals surface area contributed by atoms with E-state index in [1.165, 1.54) is 12.5 Å². The van der Waals surface area contributed by atoms with Gasteiger partial charge in [0.15, 0.2) is 14.1 Å². The summed E-state index contributed by atoms with van der Waals surface area (Å²) in [5.74, 6) is 0.162. The van der Waals surface area contributed by atoms with Crippen molar-refractivity contribution in [3.63, 3.8) is 0 Å². The van der Waals surface area contributed by atoms with Crippen LogP contribution in [0.4, 0.5) is 0 Å². The normalized spacial score (nSPS) is 43.9. The van der Waals surface area contributed by atoms with Crippen LogP contribution >= 0.6 is 0 Å². The summed E-state index contributed by atoms with van der Waals surface area (Å²) in [5.41, 5.74) is -0.411. The molecule has 3 aliphatic carbocycles. The van der Waals surface area contributed by atoms with Gasteiger partial charge >= 0.3 is 5.97 Å². The van der Waals surface area contributed by atoms with E-state index >= 15 is 0 Å². The predicted molar refractivity (Wildman–Crippen MR) is 127 cm³/mol. The fraction of sp³-hybridized carbons (Fsp3) is 0.846. The van der Waals surface area contributed by atoms with Gasteiger partial charge in [-0.3, -0.25) is 9.59 Å². The fourth-order valence-electron chi connectivity index (χ4n) is 7.12. The van der Waals surface area contributed by atoms with Crippen LogP contribution in [-0.4, -0.2) is 44.5 Å².